The number of nitrogens with zero attached hydrogens (tertiary/aromatic N) is 2. The van der Waals surface area contributed by atoms with Gasteiger partial charge < -0.3 is 10.2 Å². The molecule has 0 aromatic heterocycles. The van der Waals surface area contributed by atoms with Crippen LogP contribution in [0.4, 0.5) is 0 Å². The van der Waals surface area contributed by atoms with E-state index in [1.165, 1.54) is 12.8 Å². The molecule has 0 aromatic rings. The molecule has 4 nitrogen and oxygen atoms in total. The Hall–Kier alpha value is -0.610. The lowest BCUT2D eigenvalue weighted by atomic mass is 10.3. The predicted octanol–water partition coefficient (Wildman–Crippen LogP) is 0.683. The molecule has 1 saturated carbocycles. The van der Waals surface area contributed by atoms with Crippen molar-refractivity contribution in [3.63, 3.8) is 0 Å². The van der Waals surface area contributed by atoms with Gasteiger partial charge in [0.25, 0.3) is 0 Å². The highest BCUT2D eigenvalue weighted by molar-refractivity contribution is 5.78. The summed E-state index contributed by atoms with van der Waals surface area (Å²) in [4.78, 5) is 16.6. The van der Waals surface area contributed by atoms with Gasteiger partial charge in [-0.05, 0) is 38.8 Å². The molecule has 2 fully saturated rings. The Balaban J connectivity index is 1.80. The lowest BCUT2D eigenvalue weighted by Gasteiger charge is -2.26. The van der Waals surface area contributed by atoms with E-state index in [9.17, 15) is 4.79 Å². The van der Waals surface area contributed by atoms with Crippen LogP contribution in [-0.2, 0) is 4.79 Å². The quantitative estimate of drug-likeness (QED) is 0.766. The monoisotopic (exact) mass is 239 g/mol. The third-order valence-electron chi connectivity index (χ3n) is 3.61. The molecule has 0 bridgehead atoms. The van der Waals surface area contributed by atoms with E-state index in [4.69, 9.17) is 0 Å². The van der Waals surface area contributed by atoms with Crippen LogP contribution in [0.3, 0.4) is 0 Å². The van der Waals surface area contributed by atoms with Crippen LogP contribution in [0.15, 0.2) is 0 Å². The standard InChI is InChI=1S/C13H25N3O/c1-2-8-16(12-4-5-12)11-13(17)15-9-3-6-14-7-10-15/h12,14H,2-11H2,1H3. The summed E-state index contributed by atoms with van der Waals surface area (Å²) in [7, 11) is 0. The van der Waals surface area contributed by atoms with E-state index in [0.717, 1.165) is 45.6 Å². The van der Waals surface area contributed by atoms with Crippen LogP contribution in [0.1, 0.15) is 32.6 Å². The smallest absolute Gasteiger partial charge is 0.236 e. The first-order valence-corrected chi connectivity index (χ1v) is 7.04. The van der Waals surface area contributed by atoms with Gasteiger partial charge >= 0.3 is 0 Å². The molecule has 17 heavy (non-hydrogen) atoms. The van der Waals surface area contributed by atoms with Crippen molar-refractivity contribution in [2.24, 2.45) is 0 Å². The van der Waals surface area contributed by atoms with Gasteiger partial charge in [0.15, 0.2) is 0 Å². The summed E-state index contributed by atoms with van der Waals surface area (Å²) in [6.45, 7) is 7.70. The third-order valence-corrected chi connectivity index (χ3v) is 3.61. The summed E-state index contributed by atoms with van der Waals surface area (Å²) < 4.78 is 0. The molecule has 2 rings (SSSR count). The Morgan fingerprint density at radius 1 is 1.35 bits per heavy atom. The van der Waals surface area contributed by atoms with Crippen molar-refractivity contribution in [1.29, 1.82) is 0 Å². The molecule has 0 radical (unpaired) electrons. The number of hydrogen-bond donors (Lipinski definition) is 1. The van der Waals surface area contributed by atoms with Crippen molar-refractivity contribution in [3.8, 4) is 0 Å². The molecule has 1 amide bonds. The van der Waals surface area contributed by atoms with E-state index >= 15 is 0 Å². The molecule has 0 spiro atoms. The Bertz CT molecular complexity index is 245. The third kappa shape index (κ3) is 3.96. The molecular formula is C13H25N3O. The van der Waals surface area contributed by atoms with E-state index in [2.05, 4.69) is 17.1 Å². The maximum Gasteiger partial charge on any atom is 0.236 e. The molecule has 1 aliphatic heterocycles. The van der Waals surface area contributed by atoms with Crippen LogP contribution >= 0.6 is 0 Å². The molecule has 1 aliphatic carbocycles. The van der Waals surface area contributed by atoms with Crippen LogP contribution in [0.2, 0.25) is 0 Å². The highest BCUT2D eigenvalue weighted by Gasteiger charge is 2.30. The fourth-order valence-corrected chi connectivity index (χ4v) is 2.49. The normalized spacial score (nSPS) is 21.6. The minimum absolute atomic E-state index is 0.328. The van der Waals surface area contributed by atoms with Crippen molar-refractivity contribution in [1.82, 2.24) is 15.1 Å². The van der Waals surface area contributed by atoms with E-state index in [1.54, 1.807) is 0 Å². The molecule has 4 heteroatoms. The number of carbonyl (C=O) groups excluding carboxylic acids is 1. The highest BCUT2D eigenvalue weighted by atomic mass is 16.2. The van der Waals surface area contributed by atoms with E-state index in [0.29, 0.717) is 18.5 Å². The van der Waals surface area contributed by atoms with Gasteiger partial charge in [0.05, 0.1) is 6.54 Å². The maximum absolute atomic E-state index is 12.2. The Morgan fingerprint density at radius 3 is 2.88 bits per heavy atom. The van der Waals surface area contributed by atoms with Crippen molar-refractivity contribution >= 4 is 5.91 Å². The first kappa shape index (κ1) is 12.8. The summed E-state index contributed by atoms with van der Waals surface area (Å²) in [5.41, 5.74) is 0. The minimum Gasteiger partial charge on any atom is -0.340 e. The lowest BCUT2D eigenvalue weighted by molar-refractivity contribution is -0.132. The lowest BCUT2D eigenvalue weighted by Crippen LogP contribution is -2.42. The first-order valence-electron chi connectivity index (χ1n) is 7.04. The second-order valence-corrected chi connectivity index (χ2v) is 5.19. The fraction of sp³-hybridized carbons (Fsp3) is 0.923. The van der Waals surface area contributed by atoms with Crippen molar-refractivity contribution in [2.45, 2.75) is 38.6 Å². The molecule has 2 aliphatic rings. The van der Waals surface area contributed by atoms with Crippen LogP contribution in [0, 0.1) is 0 Å². The Labute approximate surface area is 104 Å². The fourth-order valence-electron chi connectivity index (χ4n) is 2.49. The SMILES string of the molecule is CCCN(CC(=O)N1CCCNCC1)C1CC1. The highest BCUT2D eigenvalue weighted by Crippen LogP contribution is 2.26. The van der Waals surface area contributed by atoms with Gasteiger partial charge in [0, 0.05) is 25.7 Å². The Morgan fingerprint density at radius 2 is 2.18 bits per heavy atom. The van der Waals surface area contributed by atoms with Gasteiger partial charge in [0.1, 0.15) is 0 Å². The zero-order chi connectivity index (χ0) is 12.1. The molecule has 0 aromatic carbocycles. The number of hydrogen-bond acceptors (Lipinski definition) is 3. The van der Waals surface area contributed by atoms with Crippen molar-refractivity contribution < 1.29 is 4.79 Å². The second-order valence-electron chi connectivity index (χ2n) is 5.19. The maximum atomic E-state index is 12.2. The number of nitrogens with one attached hydrogen (secondary N) is 1. The largest absolute Gasteiger partial charge is 0.340 e. The topological polar surface area (TPSA) is 35.6 Å². The summed E-state index contributed by atoms with van der Waals surface area (Å²) in [6.07, 6.45) is 4.80. The summed E-state index contributed by atoms with van der Waals surface area (Å²) >= 11 is 0. The van der Waals surface area contributed by atoms with Crippen LogP contribution < -0.4 is 5.32 Å². The zero-order valence-electron chi connectivity index (χ0n) is 11.0. The summed E-state index contributed by atoms with van der Waals surface area (Å²) in [6, 6.07) is 0.698. The second kappa shape index (κ2) is 6.36. The van der Waals surface area contributed by atoms with Crippen LogP contribution in [0.25, 0.3) is 0 Å². The van der Waals surface area contributed by atoms with Crippen molar-refractivity contribution in [3.05, 3.63) is 0 Å². The van der Waals surface area contributed by atoms with Gasteiger partial charge in [-0.15, -0.1) is 0 Å². The molecule has 1 N–H and O–H groups in total. The first-order chi connectivity index (χ1) is 8.31. The zero-order valence-corrected chi connectivity index (χ0v) is 11.0. The van der Waals surface area contributed by atoms with Crippen LogP contribution in [-0.4, -0.2) is 61.0 Å². The average molecular weight is 239 g/mol. The molecule has 0 unspecified atom stereocenters. The number of amides is 1. The predicted molar refractivity (Wildman–Crippen MR) is 69.0 cm³/mol. The minimum atomic E-state index is 0.328. The van der Waals surface area contributed by atoms with Gasteiger partial charge in [-0.2, -0.15) is 0 Å². The van der Waals surface area contributed by atoms with E-state index in [1.807, 2.05) is 4.90 Å². The van der Waals surface area contributed by atoms with E-state index in [-0.39, 0.29) is 0 Å². The van der Waals surface area contributed by atoms with E-state index < -0.39 is 0 Å². The van der Waals surface area contributed by atoms with Crippen molar-refractivity contribution in [2.75, 3.05) is 39.3 Å². The molecule has 0 atom stereocenters. The molecule has 1 saturated heterocycles. The van der Waals surface area contributed by atoms with Gasteiger partial charge in [-0.1, -0.05) is 6.92 Å². The van der Waals surface area contributed by atoms with Gasteiger partial charge in [-0.3, -0.25) is 9.69 Å². The van der Waals surface area contributed by atoms with Gasteiger partial charge in [0.2, 0.25) is 5.91 Å². The Kier molecular flexibility index (Phi) is 4.80. The summed E-state index contributed by atoms with van der Waals surface area (Å²) in [5, 5.41) is 3.34. The molecule has 1 heterocycles. The molecular weight excluding hydrogens is 214 g/mol. The average Bonchev–Trinajstić information content (AvgIpc) is 3.15. The molecule has 98 valence electrons. The van der Waals surface area contributed by atoms with Gasteiger partial charge in [-0.25, -0.2) is 0 Å². The number of carbonyl (C=O) groups is 1. The number of rotatable bonds is 5. The van der Waals surface area contributed by atoms with Crippen LogP contribution in [0.5, 0.6) is 0 Å². The summed E-state index contributed by atoms with van der Waals surface area (Å²) in [5.74, 6) is 0.328.